The SMILES string of the molecule is CCOC(=O)c1coc(N2CCC(C(=O)OC(C)(C)C)C(C)C2)n1. The summed E-state index contributed by atoms with van der Waals surface area (Å²) in [6.45, 7) is 10.9. The predicted octanol–water partition coefficient (Wildman–Crippen LogP) is 2.66. The lowest BCUT2D eigenvalue weighted by Gasteiger charge is -2.36. The van der Waals surface area contributed by atoms with E-state index in [0.717, 1.165) is 0 Å². The highest BCUT2D eigenvalue weighted by atomic mass is 16.6. The molecule has 1 aliphatic rings. The van der Waals surface area contributed by atoms with Crippen molar-refractivity contribution in [3.63, 3.8) is 0 Å². The molecule has 2 rings (SSSR count). The monoisotopic (exact) mass is 338 g/mol. The Morgan fingerprint density at radius 1 is 1.42 bits per heavy atom. The first kappa shape index (κ1) is 18.3. The molecule has 0 aliphatic carbocycles. The number of rotatable bonds is 4. The van der Waals surface area contributed by atoms with Gasteiger partial charge in [0.15, 0.2) is 5.69 Å². The quantitative estimate of drug-likeness (QED) is 0.781. The minimum absolute atomic E-state index is 0.103. The molecule has 7 heteroatoms. The standard InChI is InChI=1S/C17H26N2O5/c1-6-22-15(21)13-10-23-16(18-13)19-8-7-12(11(2)9-19)14(20)24-17(3,4)5/h10-12H,6-9H2,1-5H3. The maximum Gasteiger partial charge on any atom is 0.360 e. The summed E-state index contributed by atoms with van der Waals surface area (Å²) in [5.74, 6) is -0.690. The summed E-state index contributed by atoms with van der Waals surface area (Å²) in [6.07, 6.45) is 1.96. The van der Waals surface area contributed by atoms with Crippen molar-refractivity contribution in [2.24, 2.45) is 11.8 Å². The van der Waals surface area contributed by atoms with Crippen molar-refractivity contribution in [1.82, 2.24) is 4.98 Å². The summed E-state index contributed by atoms with van der Waals surface area (Å²) in [5, 5.41) is 0. The summed E-state index contributed by atoms with van der Waals surface area (Å²) >= 11 is 0. The van der Waals surface area contributed by atoms with E-state index in [0.29, 0.717) is 32.1 Å². The summed E-state index contributed by atoms with van der Waals surface area (Å²) in [5.41, 5.74) is -0.320. The maximum atomic E-state index is 12.3. The molecule has 2 atom stereocenters. The van der Waals surface area contributed by atoms with E-state index in [-0.39, 0.29) is 23.5 Å². The zero-order valence-electron chi connectivity index (χ0n) is 15.0. The van der Waals surface area contributed by atoms with Crippen LogP contribution < -0.4 is 4.90 Å². The Hall–Kier alpha value is -2.05. The van der Waals surface area contributed by atoms with Gasteiger partial charge in [0.25, 0.3) is 6.01 Å². The van der Waals surface area contributed by atoms with Crippen molar-refractivity contribution >= 4 is 18.0 Å². The van der Waals surface area contributed by atoms with Crippen molar-refractivity contribution < 1.29 is 23.5 Å². The second kappa shape index (κ2) is 7.23. The molecule has 0 amide bonds. The van der Waals surface area contributed by atoms with Gasteiger partial charge < -0.3 is 18.8 Å². The molecule has 24 heavy (non-hydrogen) atoms. The molecule has 1 aliphatic heterocycles. The second-order valence-electron chi connectivity index (χ2n) is 7.09. The fraction of sp³-hybridized carbons (Fsp3) is 0.706. The smallest absolute Gasteiger partial charge is 0.360 e. The van der Waals surface area contributed by atoms with E-state index in [9.17, 15) is 9.59 Å². The summed E-state index contributed by atoms with van der Waals surface area (Å²) in [7, 11) is 0. The predicted molar refractivity (Wildman–Crippen MR) is 87.8 cm³/mol. The van der Waals surface area contributed by atoms with E-state index in [1.165, 1.54) is 6.26 Å². The van der Waals surface area contributed by atoms with Crippen LogP contribution in [-0.2, 0) is 14.3 Å². The number of hydrogen-bond donors (Lipinski definition) is 0. The van der Waals surface area contributed by atoms with Crippen molar-refractivity contribution in [2.75, 3.05) is 24.6 Å². The fourth-order valence-electron chi connectivity index (χ4n) is 2.76. The average Bonchev–Trinajstić information content (AvgIpc) is 2.95. The topological polar surface area (TPSA) is 81.9 Å². The minimum atomic E-state index is -0.496. The van der Waals surface area contributed by atoms with Gasteiger partial charge in [0.05, 0.1) is 12.5 Å². The van der Waals surface area contributed by atoms with Gasteiger partial charge in [0, 0.05) is 13.1 Å². The van der Waals surface area contributed by atoms with Crippen LogP contribution >= 0.6 is 0 Å². The Labute approximate surface area is 142 Å². The van der Waals surface area contributed by atoms with Gasteiger partial charge in [-0.2, -0.15) is 4.98 Å². The maximum absolute atomic E-state index is 12.3. The lowest BCUT2D eigenvalue weighted by molar-refractivity contribution is -0.162. The number of ether oxygens (including phenoxy) is 2. The third kappa shape index (κ3) is 4.49. The Morgan fingerprint density at radius 2 is 2.12 bits per heavy atom. The van der Waals surface area contributed by atoms with Gasteiger partial charge in [-0.3, -0.25) is 4.79 Å². The minimum Gasteiger partial charge on any atom is -0.461 e. The van der Waals surface area contributed by atoms with Crippen LogP contribution in [0.1, 0.15) is 51.5 Å². The van der Waals surface area contributed by atoms with Crippen molar-refractivity contribution in [3.8, 4) is 0 Å². The molecule has 134 valence electrons. The van der Waals surface area contributed by atoms with Crippen molar-refractivity contribution in [2.45, 2.75) is 46.6 Å². The number of piperidine rings is 1. The molecule has 0 saturated carbocycles. The van der Waals surface area contributed by atoms with Gasteiger partial charge in [0.1, 0.15) is 11.9 Å². The zero-order chi connectivity index (χ0) is 17.9. The molecule has 0 aromatic carbocycles. The van der Waals surface area contributed by atoms with Crippen LogP contribution in [0.4, 0.5) is 6.01 Å². The molecule has 0 bridgehead atoms. The molecule has 1 aromatic rings. The normalized spacial score (nSPS) is 21.5. The van der Waals surface area contributed by atoms with Crippen LogP contribution in [0.25, 0.3) is 0 Å². The first-order valence-corrected chi connectivity index (χ1v) is 8.31. The molecule has 1 saturated heterocycles. The fourth-order valence-corrected chi connectivity index (χ4v) is 2.76. The lowest BCUT2D eigenvalue weighted by Crippen LogP contribution is -2.44. The molecule has 2 unspecified atom stereocenters. The van der Waals surface area contributed by atoms with Gasteiger partial charge in [-0.25, -0.2) is 4.79 Å². The van der Waals surface area contributed by atoms with E-state index >= 15 is 0 Å². The molecule has 7 nitrogen and oxygen atoms in total. The third-order valence-corrected chi connectivity index (χ3v) is 3.86. The number of nitrogens with zero attached hydrogens (tertiary/aromatic N) is 2. The van der Waals surface area contributed by atoms with Crippen LogP contribution in [-0.4, -0.2) is 42.2 Å². The average molecular weight is 338 g/mol. The molecule has 1 aromatic heterocycles. The second-order valence-corrected chi connectivity index (χ2v) is 7.09. The first-order chi connectivity index (χ1) is 11.2. The van der Waals surface area contributed by atoms with Gasteiger partial charge in [0.2, 0.25) is 0 Å². The van der Waals surface area contributed by atoms with Gasteiger partial charge in [-0.1, -0.05) is 6.92 Å². The third-order valence-electron chi connectivity index (χ3n) is 3.86. The van der Waals surface area contributed by atoms with Crippen molar-refractivity contribution in [3.05, 3.63) is 12.0 Å². The van der Waals surface area contributed by atoms with Gasteiger partial charge in [-0.15, -0.1) is 0 Å². The van der Waals surface area contributed by atoms with Gasteiger partial charge in [-0.05, 0) is 40.0 Å². The number of carbonyl (C=O) groups excluding carboxylic acids is 2. The van der Waals surface area contributed by atoms with E-state index in [1.807, 2.05) is 32.6 Å². The van der Waals surface area contributed by atoms with Crippen LogP contribution in [0.15, 0.2) is 10.7 Å². The number of anilines is 1. The molecule has 0 spiro atoms. The van der Waals surface area contributed by atoms with Crippen LogP contribution in [0, 0.1) is 11.8 Å². The highest BCUT2D eigenvalue weighted by molar-refractivity contribution is 5.87. The van der Waals surface area contributed by atoms with Gasteiger partial charge >= 0.3 is 11.9 Å². The zero-order valence-corrected chi connectivity index (χ0v) is 15.0. The van der Waals surface area contributed by atoms with E-state index < -0.39 is 11.6 Å². The highest BCUT2D eigenvalue weighted by Gasteiger charge is 2.35. The summed E-state index contributed by atoms with van der Waals surface area (Å²) in [6, 6.07) is 0.382. The molecule has 1 fully saturated rings. The number of aromatic nitrogens is 1. The highest BCUT2D eigenvalue weighted by Crippen LogP contribution is 2.29. The van der Waals surface area contributed by atoms with Crippen LogP contribution in [0.2, 0.25) is 0 Å². The molecule has 2 heterocycles. The van der Waals surface area contributed by atoms with E-state index in [4.69, 9.17) is 13.9 Å². The Morgan fingerprint density at radius 3 is 2.71 bits per heavy atom. The van der Waals surface area contributed by atoms with Crippen molar-refractivity contribution in [1.29, 1.82) is 0 Å². The lowest BCUT2D eigenvalue weighted by atomic mass is 9.87. The first-order valence-electron chi connectivity index (χ1n) is 8.31. The molecule has 0 radical (unpaired) electrons. The van der Waals surface area contributed by atoms with Crippen LogP contribution in [0.5, 0.6) is 0 Å². The summed E-state index contributed by atoms with van der Waals surface area (Å²) < 4.78 is 15.8. The summed E-state index contributed by atoms with van der Waals surface area (Å²) in [4.78, 5) is 30.1. The number of hydrogen-bond acceptors (Lipinski definition) is 7. The Balaban J connectivity index is 1.98. The van der Waals surface area contributed by atoms with E-state index in [2.05, 4.69) is 4.98 Å². The number of esters is 2. The Kier molecular flexibility index (Phi) is 5.51. The van der Waals surface area contributed by atoms with E-state index in [1.54, 1.807) is 6.92 Å². The van der Waals surface area contributed by atoms with Crippen LogP contribution in [0.3, 0.4) is 0 Å². The number of carbonyl (C=O) groups is 2. The molecule has 0 N–H and O–H groups in total. The number of oxazole rings is 1. The largest absolute Gasteiger partial charge is 0.461 e. The Bertz CT molecular complexity index is 590. The molecular weight excluding hydrogens is 312 g/mol. The molecular formula is C17H26N2O5.